The van der Waals surface area contributed by atoms with Crippen molar-refractivity contribution in [3.05, 3.63) is 0 Å². The predicted molar refractivity (Wildman–Crippen MR) is 84.1 cm³/mol. The standard InChI is InChI=1S/C15H30N2O3S/c1-2-13-6-8-14(9-7-13)11-16-21(19,20)17-10-4-3-5-15(17)12-18/h13-16,18H,2-12H2,1H3. The molecule has 1 saturated carbocycles. The van der Waals surface area contributed by atoms with Crippen molar-refractivity contribution in [2.24, 2.45) is 11.8 Å². The Morgan fingerprint density at radius 1 is 1.10 bits per heavy atom. The highest BCUT2D eigenvalue weighted by Crippen LogP contribution is 2.30. The normalized spacial score (nSPS) is 32.2. The van der Waals surface area contributed by atoms with Gasteiger partial charge in [0, 0.05) is 19.1 Å². The molecule has 2 rings (SSSR count). The second-order valence-electron chi connectivity index (χ2n) is 6.59. The molecule has 1 unspecified atom stereocenters. The first-order valence-electron chi connectivity index (χ1n) is 8.44. The zero-order valence-electron chi connectivity index (χ0n) is 13.1. The average Bonchev–Trinajstić information content (AvgIpc) is 2.53. The Hall–Kier alpha value is -0.170. The van der Waals surface area contributed by atoms with Gasteiger partial charge in [0.25, 0.3) is 10.2 Å². The summed E-state index contributed by atoms with van der Waals surface area (Å²) in [5.74, 6) is 1.30. The monoisotopic (exact) mass is 318 g/mol. The van der Waals surface area contributed by atoms with Crippen LogP contribution in [0.3, 0.4) is 0 Å². The molecule has 2 fully saturated rings. The van der Waals surface area contributed by atoms with Gasteiger partial charge in [0.05, 0.1) is 6.61 Å². The van der Waals surface area contributed by atoms with Crippen LogP contribution >= 0.6 is 0 Å². The van der Waals surface area contributed by atoms with E-state index in [0.717, 1.165) is 38.0 Å². The van der Waals surface area contributed by atoms with Crippen LogP contribution in [-0.2, 0) is 10.2 Å². The second kappa shape index (κ2) is 7.90. The van der Waals surface area contributed by atoms with Crippen LogP contribution in [0, 0.1) is 11.8 Å². The largest absolute Gasteiger partial charge is 0.395 e. The first-order valence-corrected chi connectivity index (χ1v) is 9.88. The minimum Gasteiger partial charge on any atom is -0.395 e. The van der Waals surface area contributed by atoms with E-state index in [0.29, 0.717) is 19.0 Å². The number of piperidine rings is 1. The maximum absolute atomic E-state index is 12.4. The van der Waals surface area contributed by atoms with Crippen LogP contribution in [0.25, 0.3) is 0 Å². The molecule has 1 aliphatic carbocycles. The molecule has 2 aliphatic rings. The molecule has 0 radical (unpaired) electrons. The molecule has 1 aliphatic heterocycles. The van der Waals surface area contributed by atoms with Crippen LogP contribution in [0.1, 0.15) is 58.3 Å². The van der Waals surface area contributed by atoms with Gasteiger partial charge in [0.2, 0.25) is 0 Å². The van der Waals surface area contributed by atoms with Crippen molar-refractivity contribution in [2.75, 3.05) is 19.7 Å². The Balaban J connectivity index is 1.83. The van der Waals surface area contributed by atoms with Crippen molar-refractivity contribution in [3.8, 4) is 0 Å². The number of nitrogens with zero attached hydrogens (tertiary/aromatic N) is 1. The van der Waals surface area contributed by atoms with Crippen molar-refractivity contribution in [1.82, 2.24) is 9.03 Å². The van der Waals surface area contributed by atoms with Crippen LogP contribution < -0.4 is 4.72 Å². The van der Waals surface area contributed by atoms with Crippen molar-refractivity contribution in [2.45, 2.75) is 64.3 Å². The quantitative estimate of drug-likeness (QED) is 0.785. The molecular formula is C15H30N2O3S. The van der Waals surface area contributed by atoms with E-state index in [9.17, 15) is 13.5 Å². The third kappa shape index (κ3) is 4.65. The molecule has 1 heterocycles. The Morgan fingerprint density at radius 2 is 1.76 bits per heavy atom. The molecule has 0 aromatic carbocycles. The fourth-order valence-electron chi connectivity index (χ4n) is 3.62. The van der Waals surface area contributed by atoms with E-state index in [-0.39, 0.29) is 12.6 Å². The van der Waals surface area contributed by atoms with Crippen LogP contribution in [0.4, 0.5) is 0 Å². The van der Waals surface area contributed by atoms with Crippen LogP contribution in [0.15, 0.2) is 0 Å². The minimum atomic E-state index is -3.44. The van der Waals surface area contributed by atoms with Gasteiger partial charge >= 0.3 is 0 Å². The number of nitrogens with one attached hydrogen (secondary N) is 1. The van der Waals surface area contributed by atoms with Gasteiger partial charge < -0.3 is 5.11 Å². The average molecular weight is 318 g/mol. The van der Waals surface area contributed by atoms with Crippen molar-refractivity contribution in [3.63, 3.8) is 0 Å². The molecule has 0 aromatic heterocycles. The number of hydrogen-bond donors (Lipinski definition) is 2. The van der Waals surface area contributed by atoms with E-state index in [2.05, 4.69) is 11.6 Å². The Kier molecular flexibility index (Phi) is 6.47. The molecule has 6 heteroatoms. The van der Waals surface area contributed by atoms with E-state index in [4.69, 9.17) is 0 Å². The van der Waals surface area contributed by atoms with E-state index in [1.807, 2.05) is 0 Å². The van der Waals surface area contributed by atoms with Gasteiger partial charge in [-0.05, 0) is 37.5 Å². The molecule has 1 atom stereocenters. The van der Waals surface area contributed by atoms with Gasteiger partial charge in [-0.1, -0.05) is 32.6 Å². The van der Waals surface area contributed by atoms with Gasteiger partial charge in [-0.15, -0.1) is 0 Å². The summed E-state index contributed by atoms with van der Waals surface area (Å²) in [7, 11) is -3.44. The smallest absolute Gasteiger partial charge is 0.279 e. The lowest BCUT2D eigenvalue weighted by Gasteiger charge is -2.34. The van der Waals surface area contributed by atoms with Gasteiger partial charge in [0.15, 0.2) is 0 Å². The Morgan fingerprint density at radius 3 is 2.38 bits per heavy atom. The van der Waals surface area contributed by atoms with E-state index < -0.39 is 10.2 Å². The van der Waals surface area contributed by atoms with Crippen molar-refractivity contribution in [1.29, 1.82) is 0 Å². The van der Waals surface area contributed by atoms with Crippen LogP contribution in [0.2, 0.25) is 0 Å². The molecule has 21 heavy (non-hydrogen) atoms. The summed E-state index contributed by atoms with van der Waals surface area (Å²) in [5.41, 5.74) is 0. The molecular weight excluding hydrogens is 288 g/mol. The minimum absolute atomic E-state index is 0.0808. The molecule has 0 spiro atoms. The van der Waals surface area contributed by atoms with E-state index >= 15 is 0 Å². The van der Waals surface area contributed by atoms with Crippen molar-refractivity contribution < 1.29 is 13.5 Å². The summed E-state index contributed by atoms with van der Waals surface area (Å²) in [5, 5.41) is 9.36. The first-order chi connectivity index (χ1) is 10.1. The zero-order chi connectivity index (χ0) is 15.3. The summed E-state index contributed by atoms with van der Waals surface area (Å²) < 4.78 is 29.1. The molecule has 0 aromatic rings. The number of hydrogen-bond acceptors (Lipinski definition) is 3. The summed E-state index contributed by atoms with van der Waals surface area (Å²) in [6, 6.07) is -0.243. The van der Waals surface area contributed by atoms with Gasteiger partial charge in [-0.25, -0.2) is 4.72 Å². The van der Waals surface area contributed by atoms with E-state index in [1.54, 1.807) is 0 Å². The first kappa shape index (κ1) is 17.2. The molecule has 0 amide bonds. The number of aliphatic hydroxyl groups is 1. The lowest BCUT2D eigenvalue weighted by atomic mass is 9.81. The summed E-state index contributed by atoms with van der Waals surface area (Å²) >= 11 is 0. The Bertz CT molecular complexity index is 405. The van der Waals surface area contributed by atoms with Crippen LogP contribution in [0.5, 0.6) is 0 Å². The van der Waals surface area contributed by atoms with Gasteiger partial charge in [-0.3, -0.25) is 0 Å². The third-order valence-corrected chi connectivity index (χ3v) is 6.82. The fourth-order valence-corrected chi connectivity index (χ4v) is 5.17. The predicted octanol–water partition coefficient (Wildman–Crippen LogP) is 1.88. The zero-order valence-corrected chi connectivity index (χ0v) is 13.9. The van der Waals surface area contributed by atoms with Gasteiger partial charge in [-0.2, -0.15) is 12.7 Å². The third-order valence-electron chi connectivity index (χ3n) is 5.19. The van der Waals surface area contributed by atoms with Gasteiger partial charge in [0.1, 0.15) is 0 Å². The summed E-state index contributed by atoms with van der Waals surface area (Å²) in [6.45, 7) is 3.23. The van der Waals surface area contributed by atoms with E-state index in [1.165, 1.54) is 23.6 Å². The maximum atomic E-state index is 12.4. The molecule has 124 valence electrons. The van der Waals surface area contributed by atoms with Crippen LogP contribution in [-0.4, -0.2) is 43.6 Å². The molecule has 5 nitrogen and oxygen atoms in total. The Labute approximate surface area is 129 Å². The summed E-state index contributed by atoms with van der Waals surface area (Å²) in [4.78, 5) is 0. The highest BCUT2D eigenvalue weighted by Gasteiger charge is 2.32. The molecule has 0 bridgehead atoms. The molecule has 2 N–H and O–H groups in total. The molecule has 1 saturated heterocycles. The van der Waals surface area contributed by atoms with Crippen molar-refractivity contribution >= 4 is 10.2 Å². The number of rotatable bonds is 6. The highest BCUT2D eigenvalue weighted by atomic mass is 32.2. The SMILES string of the molecule is CCC1CCC(CNS(=O)(=O)N2CCCCC2CO)CC1. The second-order valence-corrected chi connectivity index (χ2v) is 8.30. The number of aliphatic hydroxyl groups excluding tert-OH is 1. The maximum Gasteiger partial charge on any atom is 0.279 e. The lowest BCUT2D eigenvalue weighted by molar-refractivity contribution is 0.153. The highest BCUT2D eigenvalue weighted by molar-refractivity contribution is 7.87. The topological polar surface area (TPSA) is 69.6 Å². The lowest BCUT2D eigenvalue weighted by Crippen LogP contribution is -2.51. The fraction of sp³-hybridized carbons (Fsp3) is 1.00. The summed E-state index contributed by atoms with van der Waals surface area (Å²) in [6.07, 6.45) is 8.60.